The number of anilines is 3. The van der Waals surface area contributed by atoms with Crippen LogP contribution in [-0.4, -0.2) is 41.8 Å². The lowest BCUT2D eigenvalue weighted by molar-refractivity contribution is -0.146. The van der Waals surface area contributed by atoms with Crippen LogP contribution in [0.5, 0.6) is 0 Å². The highest BCUT2D eigenvalue weighted by atomic mass is 19.1. The number of nitrogens with zero attached hydrogens (tertiary/aromatic N) is 2. The maximum absolute atomic E-state index is 15.6. The van der Waals surface area contributed by atoms with Crippen molar-refractivity contribution in [3.63, 3.8) is 0 Å². The van der Waals surface area contributed by atoms with Gasteiger partial charge in [-0.05, 0) is 56.0 Å². The van der Waals surface area contributed by atoms with E-state index in [1.165, 1.54) is 13.8 Å². The van der Waals surface area contributed by atoms with Crippen LogP contribution in [0.1, 0.15) is 43.1 Å². The van der Waals surface area contributed by atoms with E-state index in [4.69, 9.17) is 4.74 Å². The van der Waals surface area contributed by atoms with Crippen LogP contribution in [-0.2, 0) is 15.1 Å². The Balaban J connectivity index is 1.54. The van der Waals surface area contributed by atoms with Crippen molar-refractivity contribution in [1.29, 1.82) is 0 Å². The Morgan fingerprint density at radius 1 is 1.13 bits per heavy atom. The fourth-order valence-corrected chi connectivity index (χ4v) is 7.05. The van der Waals surface area contributed by atoms with Crippen LogP contribution < -0.4 is 9.80 Å². The van der Waals surface area contributed by atoms with Crippen LogP contribution in [0.3, 0.4) is 0 Å². The fraction of sp³-hybridized carbons (Fsp3) is 0.355. The molecule has 0 saturated carbocycles. The largest absolute Gasteiger partial charge is 0.396 e. The maximum Gasteiger partial charge on any atom is 0.264 e. The first-order valence-electron chi connectivity index (χ1n) is 13.1. The molecule has 3 aromatic carbocycles. The Morgan fingerprint density at radius 2 is 1.87 bits per heavy atom. The van der Waals surface area contributed by atoms with E-state index in [0.717, 1.165) is 16.5 Å². The van der Waals surface area contributed by atoms with Crippen LogP contribution in [0.15, 0.2) is 67.3 Å². The molecule has 1 saturated heterocycles. The smallest absolute Gasteiger partial charge is 0.264 e. The molecule has 2 amide bonds. The standard InChI is InChI=1S/C31H31FN2O4/c1-5-15-33-23-13-12-20(34-24-11-7-9-19-8-6-10-21(26(19)24)28(34)36)17-22(23)31(29(33)37)18(2)27(30(3,4)32)25(38-31)14-16-35/h5-13,17-18,25,27,35H,1,14-16H2,2-4H3/t18-,25+,27-,31+/m1/s1. The summed E-state index contributed by atoms with van der Waals surface area (Å²) in [6.07, 6.45) is 1.22. The van der Waals surface area contributed by atoms with Gasteiger partial charge in [0.25, 0.3) is 11.8 Å². The number of aliphatic hydroxyl groups is 1. The zero-order valence-corrected chi connectivity index (χ0v) is 21.8. The second-order valence-electron chi connectivity index (χ2n) is 11.0. The van der Waals surface area contributed by atoms with E-state index < -0.39 is 29.2 Å². The molecule has 6 rings (SSSR count). The molecule has 0 unspecified atom stereocenters. The number of fused-ring (bicyclic) bond motifs is 2. The van der Waals surface area contributed by atoms with Gasteiger partial charge in [0.2, 0.25) is 0 Å². The maximum atomic E-state index is 15.6. The first-order chi connectivity index (χ1) is 18.1. The number of hydrogen-bond donors (Lipinski definition) is 1. The highest BCUT2D eigenvalue weighted by Crippen LogP contribution is 2.59. The number of alkyl halides is 1. The first kappa shape index (κ1) is 24.8. The Labute approximate surface area is 221 Å². The van der Waals surface area contributed by atoms with Gasteiger partial charge in [-0.15, -0.1) is 6.58 Å². The summed E-state index contributed by atoms with van der Waals surface area (Å²) in [7, 11) is 0. The summed E-state index contributed by atoms with van der Waals surface area (Å²) in [6, 6.07) is 17.0. The molecule has 3 heterocycles. The molecule has 196 valence electrons. The molecule has 1 fully saturated rings. The molecule has 1 N–H and O–H groups in total. The van der Waals surface area contributed by atoms with Crippen molar-refractivity contribution < 1.29 is 23.8 Å². The zero-order valence-electron chi connectivity index (χ0n) is 21.8. The Bertz CT molecular complexity index is 1490. The molecule has 3 aliphatic rings. The molecular weight excluding hydrogens is 483 g/mol. The van der Waals surface area contributed by atoms with E-state index in [9.17, 15) is 14.7 Å². The number of benzene rings is 3. The van der Waals surface area contributed by atoms with Crippen molar-refractivity contribution in [1.82, 2.24) is 0 Å². The quantitative estimate of drug-likeness (QED) is 0.432. The topological polar surface area (TPSA) is 70.1 Å². The summed E-state index contributed by atoms with van der Waals surface area (Å²) in [5, 5.41) is 11.6. The number of halogens is 1. The summed E-state index contributed by atoms with van der Waals surface area (Å²) in [5.74, 6) is -1.56. The Morgan fingerprint density at radius 3 is 2.55 bits per heavy atom. The predicted molar refractivity (Wildman–Crippen MR) is 146 cm³/mol. The minimum atomic E-state index is -1.64. The van der Waals surface area contributed by atoms with E-state index >= 15 is 4.39 Å². The highest BCUT2D eigenvalue weighted by Gasteiger charge is 2.66. The average molecular weight is 515 g/mol. The van der Waals surface area contributed by atoms with Gasteiger partial charge in [-0.3, -0.25) is 14.5 Å². The molecule has 3 aromatic rings. The molecular formula is C31H31FN2O4. The van der Waals surface area contributed by atoms with Crippen LogP contribution in [0, 0.1) is 11.8 Å². The Kier molecular flexibility index (Phi) is 5.53. The second-order valence-corrected chi connectivity index (χ2v) is 11.0. The lowest BCUT2D eigenvalue weighted by Crippen LogP contribution is -2.45. The van der Waals surface area contributed by atoms with Gasteiger partial charge in [-0.25, -0.2) is 4.39 Å². The fourth-order valence-electron chi connectivity index (χ4n) is 7.05. The van der Waals surface area contributed by atoms with Gasteiger partial charge in [0.1, 0.15) is 5.67 Å². The molecule has 0 aromatic heterocycles. The number of hydrogen-bond acceptors (Lipinski definition) is 4. The van der Waals surface area contributed by atoms with Crippen molar-refractivity contribution in [2.75, 3.05) is 23.0 Å². The predicted octanol–water partition coefficient (Wildman–Crippen LogP) is 5.64. The summed E-state index contributed by atoms with van der Waals surface area (Å²) in [6.45, 7) is 8.76. The molecule has 1 spiro atoms. The summed E-state index contributed by atoms with van der Waals surface area (Å²) >= 11 is 0. The van der Waals surface area contributed by atoms with Gasteiger partial charge in [-0.1, -0.05) is 37.3 Å². The lowest BCUT2D eigenvalue weighted by Gasteiger charge is -2.32. The minimum Gasteiger partial charge on any atom is -0.396 e. The highest BCUT2D eigenvalue weighted by molar-refractivity contribution is 6.28. The van der Waals surface area contributed by atoms with Gasteiger partial charge in [-0.2, -0.15) is 0 Å². The van der Waals surface area contributed by atoms with Crippen molar-refractivity contribution in [3.8, 4) is 0 Å². The monoisotopic (exact) mass is 514 g/mol. The van der Waals surface area contributed by atoms with Gasteiger partial charge in [0.15, 0.2) is 5.60 Å². The molecule has 0 bridgehead atoms. The van der Waals surface area contributed by atoms with Crippen molar-refractivity contribution in [2.24, 2.45) is 11.8 Å². The molecule has 3 aliphatic heterocycles. The molecule has 0 aliphatic carbocycles. The van der Waals surface area contributed by atoms with E-state index in [1.54, 1.807) is 15.9 Å². The molecule has 6 nitrogen and oxygen atoms in total. The van der Waals surface area contributed by atoms with Gasteiger partial charge < -0.3 is 14.7 Å². The van der Waals surface area contributed by atoms with Gasteiger partial charge in [0.05, 0.1) is 23.0 Å². The number of carbonyl (C=O) groups is 2. The number of amides is 2. The van der Waals surface area contributed by atoms with E-state index in [0.29, 0.717) is 22.5 Å². The van der Waals surface area contributed by atoms with Crippen molar-refractivity contribution in [2.45, 2.75) is 44.6 Å². The van der Waals surface area contributed by atoms with Crippen LogP contribution >= 0.6 is 0 Å². The van der Waals surface area contributed by atoms with E-state index in [2.05, 4.69) is 6.58 Å². The third-order valence-corrected chi connectivity index (χ3v) is 8.48. The summed E-state index contributed by atoms with van der Waals surface area (Å²) in [5.41, 5.74) is 0.213. The molecule has 4 atom stereocenters. The third kappa shape index (κ3) is 3.18. The number of carbonyl (C=O) groups excluding carboxylic acids is 2. The average Bonchev–Trinajstić information content (AvgIpc) is 3.43. The normalized spacial score (nSPS) is 26.2. The lowest BCUT2D eigenvalue weighted by atomic mass is 9.71. The molecule has 7 heteroatoms. The number of aliphatic hydroxyl groups excluding tert-OH is 1. The van der Waals surface area contributed by atoms with E-state index in [-0.39, 0.29) is 31.4 Å². The summed E-state index contributed by atoms with van der Waals surface area (Å²) in [4.78, 5) is 31.1. The van der Waals surface area contributed by atoms with Crippen molar-refractivity contribution >= 4 is 39.6 Å². The first-order valence-corrected chi connectivity index (χ1v) is 13.1. The number of ether oxygens (including phenoxy) is 1. The molecule has 0 radical (unpaired) electrons. The van der Waals surface area contributed by atoms with Gasteiger partial charge in [0, 0.05) is 41.6 Å². The minimum absolute atomic E-state index is 0.139. The Hall–Kier alpha value is -3.55. The number of rotatable bonds is 6. The van der Waals surface area contributed by atoms with E-state index in [1.807, 2.05) is 61.5 Å². The SMILES string of the molecule is C=CCN1C(=O)[C@@]2(O[C@@H](CCO)[C@H](C(C)(C)F)[C@H]2C)c2cc(N3C(=O)c4cccc5cccc3c45)ccc21. The van der Waals surface area contributed by atoms with Crippen LogP contribution in [0.4, 0.5) is 21.5 Å². The zero-order chi connectivity index (χ0) is 27.0. The van der Waals surface area contributed by atoms with Crippen LogP contribution in [0.2, 0.25) is 0 Å². The summed E-state index contributed by atoms with van der Waals surface area (Å²) < 4.78 is 22.2. The van der Waals surface area contributed by atoms with Gasteiger partial charge >= 0.3 is 0 Å². The molecule has 38 heavy (non-hydrogen) atoms. The van der Waals surface area contributed by atoms with Crippen molar-refractivity contribution in [3.05, 3.63) is 78.4 Å². The second kappa shape index (κ2) is 8.48. The third-order valence-electron chi connectivity index (χ3n) is 8.48. The van der Waals surface area contributed by atoms with Crippen LogP contribution in [0.25, 0.3) is 10.8 Å².